The Bertz CT molecular complexity index is 2200. The average molecular weight is 774 g/mol. The van der Waals surface area contributed by atoms with E-state index in [1.165, 1.54) is 4.90 Å². The first-order valence-corrected chi connectivity index (χ1v) is 19.5. The molecule has 14 nitrogen and oxygen atoms in total. The number of nitrogens with one attached hydrogen (secondary N) is 3. The third-order valence-electron chi connectivity index (χ3n) is 11.0. The summed E-state index contributed by atoms with van der Waals surface area (Å²) in [7, 11) is 1.72. The number of benzene rings is 3. The first-order chi connectivity index (χ1) is 27.5. The number of hydrogen-bond acceptors (Lipinski definition) is 8. The molecule has 3 aliphatic rings. The zero-order valence-corrected chi connectivity index (χ0v) is 32.4. The number of imide groups is 1. The molecule has 3 aromatic carbocycles. The number of unbranched alkanes of at least 4 members (excludes halogenated alkanes) is 4. The lowest BCUT2D eigenvalue weighted by atomic mass is 9.90. The van der Waals surface area contributed by atoms with Crippen LogP contribution in [-0.4, -0.2) is 76.7 Å². The highest BCUT2D eigenvalue weighted by Gasteiger charge is 2.41. The number of nitrogens with zero attached hydrogens (tertiary/aromatic N) is 4. The summed E-state index contributed by atoms with van der Waals surface area (Å²) in [6.07, 6.45) is 4.77. The van der Waals surface area contributed by atoms with Crippen LogP contribution in [0.15, 0.2) is 71.3 Å². The molecule has 7 amide bonds. The molecule has 296 valence electrons. The van der Waals surface area contributed by atoms with Gasteiger partial charge < -0.3 is 25.0 Å². The molecule has 3 N–H and O–H groups in total. The number of urea groups is 1. The van der Waals surface area contributed by atoms with Gasteiger partial charge >= 0.3 is 6.03 Å². The predicted octanol–water partition coefficient (Wildman–Crippen LogP) is 5.78. The first-order valence-electron chi connectivity index (χ1n) is 19.5. The lowest BCUT2D eigenvalue weighted by molar-refractivity contribution is -0.137. The van der Waals surface area contributed by atoms with Gasteiger partial charge in [0.05, 0.1) is 17.4 Å². The van der Waals surface area contributed by atoms with E-state index in [1.54, 1.807) is 35.0 Å². The molecule has 2 atom stereocenters. The van der Waals surface area contributed by atoms with Crippen LogP contribution in [0.5, 0.6) is 0 Å². The zero-order valence-electron chi connectivity index (χ0n) is 32.4. The van der Waals surface area contributed by atoms with Crippen molar-refractivity contribution in [1.82, 2.24) is 25.6 Å². The molecule has 3 aliphatic heterocycles. The van der Waals surface area contributed by atoms with E-state index in [2.05, 4.69) is 27.2 Å². The molecule has 1 saturated heterocycles. The highest BCUT2D eigenvalue weighted by Crippen LogP contribution is 2.42. The number of hydrogen-bond donors (Lipinski definition) is 3. The fourth-order valence-electron chi connectivity index (χ4n) is 8.15. The third kappa shape index (κ3) is 8.16. The number of fused-ring (bicyclic) bond motifs is 2. The number of carbonyl (C=O) groups excluding carboxylic acids is 6. The molecule has 2 unspecified atom stereocenters. The lowest BCUT2D eigenvalue weighted by Crippen LogP contribution is -2.52. The van der Waals surface area contributed by atoms with Crippen LogP contribution in [0.2, 0.25) is 0 Å². The van der Waals surface area contributed by atoms with Gasteiger partial charge in [0.1, 0.15) is 18.3 Å². The SMILES string of the molecule is Cc1noc(C)c1-c1ccc2c(c1)C(c1ccccc1)N(CC(=O)NCCCCCCCC(=O)Nc1cccc3c1CN(C1CCC(=O)NC1=O)C3=O)C(=O)N2C. The second kappa shape index (κ2) is 16.8. The average Bonchev–Trinajstić information content (AvgIpc) is 3.72. The largest absolute Gasteiger partial charge is 0.361 e. The molecule has 0 radical (unpaired) electrons. The maximum Gasteiger partial charge on any atom is 0.325 e. The Labute approximate surface area is 330 Å². The maximum atomic E-state index is 13.8. The molecule has 0 saturated carbocycles. The fourth-order valence-corrected chi connectivity index (χ4v) is 8.15. The molecule has 1 fully saturated rings. The summed E-state index contributed by atoms with van der Waals surface area (Å²) in [5, 5.41) is 12.4. The summed E-state index contributed by atoms with van der Waals surface area (Å²) in [6.45, 7) is 4.32. The standard InChI is InChI=1S/C43H47N7O7/c1-26-39(27(2)57-47-26)29-18-19-34-31(23-29)40(28-13-8-7-9-14-28)50(43(56)48(34)3)25-38(53)44-22-11-6-4-5-10-17-36(51)45-33-16-12-15-30-32(33)24-49(42(30)55)35-20-21-37(52)46-41(35)54/h7-9,12-16,18-19,23,35,40H,4-6,10-11,17,20-22,24-25H2,1-3H3,(H,44,53)(H,45,51)(H,46,52,54). The van der Waals surface area contributed by atoms with Crippen molar-refractivity contribution in [3.63, 3.8) is 0 Å². The highest BCUT2D eigenvalue weighted by molar-refractivity contribution is 6.07. The molecule has 57 heavy (non-hydrogen) atoms. The Morgan fingerprint density at radius 3 is 2.44 bits per heavy atom. The van der Waals surface area contributed by atoms with Gasteiger partial charge in [-0.3, -0.25) is 34.2 Å². The van der Waals surface area contributed by atoms with Gasteiger partial charge in [-0.25, -0.2) is 4.79 Å². The Morgan fingerprint density at radius 1 is 0.912 bits per heavy atom. The number of anilines is 2. The summed E-state index contributed by atoms with van der Waals surface area (Å²) in [5.41, 5.74) is 6.86. The van der Waals surface area contributed by atoms with Gasteiger partial charge in [-0.05, 0) is 68.5 Å². The lowest BCUT2D eigenvalue weighted by Gasteiger charge is -2.41. The third-order valence-corrected chi connectivity index (χ3v) is 11.0. The van der Waals surface area contributed by atoms with Crippen molar-refractivity contribution in [3.05, 3.63) is 100 Å². The Balaban J connectivity index is 0.872. The van der Waals surface area contributed by atoms with E-state index in [0.29, 0.717) is 42.0 Å². The molecule has 14 heteroatoms. The van der Waals surface area contributed by atoms with Crippen molar-refractivity contribution in [2.75, 3.05) is 30.4 Å². The predicted molar refractivity (Wildman–Crippen MR) is 212 cm³/mol. The van der Waals surface area contributed by atoms with Crippen molar-refractivity contribution < 1.29 is 33.3 Å². The van der Waals surface area contributed by atoms with E-state index in [-0.39, 0.29) is 55.6 Å². The molecule has 0 aliphatic carbocycles. The van der Waals surface area contributed by atoms with Crippen LogP contribution in [0, 0.1) is 13.8 Å². The molecule has 4 heterocycles. The summed E-state index contributed by atoms with van der Waals surface area (Å²) < 4.78 is 5.44. The minimum atomic E-state index is -0.722. The van der Waals surface area contributed by atoms with E-state index in [0.717, 1.165) is 59.3 Å². The van der Waals surface area contributed by atoms with Gasteiger partial charge in [0.25, 0.3) is 5.91 Å². The van der Waals surface area contributed by atoms with Crippen LogP contribution < -0.4 is 20.9 Å². The van der Waals surface area contributed by atoms with Crippen LogP contribution in [-0.2, 0) is 25.7 Å². The second-order valence-electron chi connectivity index (χ2n) is 14.9. The van der Waals surface area contributed by atoms with Crippen LogP contribution >= 0.6 is 0 Å². The normalized spacial score (nSPS) is 17.7. The van der Waals surface area contributed by atoms with Gasteiger partial charge in [0.2, 0.25) is 23.6 Å². The smallest absolute Gasteiger partial charge is 0.325 e. The van der Waals surface area contributed by atoms with E-state index in [1.807, 2.05) is 56.3 Å². The van der Waals surface area contributed by atoms with E-state index >= 15 is 0 Å². The number of rotatable bonds is 14. The van der Waals surface area contributed by atoms with Gasteiger partial charge in [0, 0.05) is 60.9 Å². The quantitative estimate of drug-likeness (QED) is 0.107. The van der Waals surface area contributed by atoms with Crippen LogP contribution in [0.1, 0.15) is 95.9 Å². The highest BCUT2D eigenvalue weighted by atomic mass is 16.5. The Hall–Kier alpha value is -6.31. The fraction of sp³-hybridized carbons (Fsp3) is 0.372. The van der Waals surface area contributed by atoms with Crippen molar-refractivity contribution in [2.24, 2.45) is 0 Å². The monoisotopic (exact) mass is 773 g/mol. The van der Waals surface area contributed by atoms with Gasteiger partial charge in [0.15, 0.2) is 0 Å². The Morgan fingerprint density at radius 2 is 1.68 bits per heavy atom. The molecule has 0 bridgehead atoms. The van der Waals surface area contributed by atoms with Gasteiger partial charge in [-0.1, -0.05) is 66.9 Å². The number of amides is 7. The van der Waals surface area contributed by atoms with E-state index < -0.39 is 18.0 Å². The summed E-state index contributed by atoms with van der Waals surface area (Å²) >= 11 is 0. The van der Waals surface area contributed by atoms with Crippen molar-refractivity contribution >= 4 is 46.9 Å². The van der Waals surface area contributed by atoms with Crippen LogP contribution in [0.4, 0.5) is 16.2 Å². The van der Waals surface area contributed by atoms with Gasteiger partial charge in [-0.15, -0.1) is 0 Å². The molecule has 7 rings (SSSR count). The molecule has 0 spiro atoms. The van der Waals surface area contributed by atoms with Crippen molar-refractivity contribution in [2.45, 2.75) is 83.8 Å². The minimum Gasteiger partial charge on any atom is -0.361 e. The van der Waals surface area contributed by atoms with E-state index in [9.17, 15) is 28.8 Å². The summed E-state index contributed by atoms with van der Waals surface area (Å²) in [4.78, 5) is 81.8. The molecule has 1 aromatic heterocycles. The van der Waals surface area contributed by atoms with Crippen molar-refractivity contribution in [3.8, 4) is 11.1 Å². The summed E-state index contributed by atoms with van der Waals surface area (Å²) in [6, 6.07) is 19.4. The van der Waals surface area contributed by atoms with E-state index in [4.69, 9.17) is 4.52 Å². The molecular formula is C43H47N7O7. The molecule has 4 aromatic rings. The number of aromatic nitrogens is 1. The number of piperidine rings is 1. The maximum absolute atomic E-state index is 13.8. The number of aryl methyl sites for hydroxylation is 2. The Kier molecular flexibility index (Phi) is 11.5. The van der Waals surface area contributed by atoms with Crippen LogP contribution in [0.25, 0.3) is 11.1 Å². The van der Waals surface area contributed by atoms with Crippen molar-refractivity contribution in [1.29, 1.82) is 0 Å². The first kappa shape index (κ1) is 38.9. The number of carbonyl (C=O) groups is 6. The minimum absolute atomic E-state index is 0.111. The zero-order chi connectivity index (χ0) is 40.2. The summed E-state index contributed by atoms with van der Waals surface area (Å²) in [5.74, 6) is -0.796. The van der Waals surface area contributed by atoms with Gasteiger partial charge in [-0.2, -0.15) is 0 Å². The topological polar surface area (TPSA) is 174 Å². The van der Waals surface area contributed by atoms with Crippen LogP contribution in [0.3, 0.4) is 0 Å². The molecular weight excluding hydrogens is 727 g/mol. The second-order valence-corrected chi connectivity index (χ2v) is 14.9.